The van der Waals surface area contributed by atoms with Crippen LogP contribution in [0.3, 0.4) is 0 Å². The molecule has 0 saturated carbocycles. The number of ether oxygens (including phenoxy) is 1. The molecule has 3 aromatic rings. The molecule has 9 heteroatoms. The molecule has 4 rings (SSSR count). The monoisotopic (exact) mass is 543 g/mol. The van der Waals surface area contributed by atoms with E-state index >= 15 is 0 Å². The number of anilines is 1. The summed E-state index contributed by atoms with van der Waals surface area (Å²) < 4.78 is 5.69. The lowest BCUT2D eigenvalue weighted by molar-refractivity contribution is 0.0954. The Morgan fingerprint density at radius 1 is 0.850 bits per heavy atom. The van der Waals surface area contributed by atoms with Gasteiger partial charge in [0.15, 0.2) is 5.78 Å². The summed E-state index contributed by atoms with van der Waals surface area (Å²) in [5.41, 5.74) is 9.02. The van der Waals surface area contributed by atoms with E-state index in [9.17, 15) is 14.4 Å². The number of nitrogens with zero attached hydrogens (tertiary/aromatic N) is 2. The molecule has 0 aromatic heterocycles. The van der Waals surface area contributed by atoms with E-state index in [-0.39, 0.29) is 24.8 Å². The number of para-hydroxylation sites is 1. The third-order valence-corrected chi connectivity index (χ3v) is 6.67. The normalized spacial score (nSPS) is 13.4. The minimum absolute atomic E-state index is 0.0537. The number of rotatable bonds is 12. The number of ketones is 1. The van der Waals surface area contributed by atoms with Crippen LogP contribution in [0.4, 0.5) is 10.5 Å². The zero-order valence-corrected chi connectivity index (χ0v) is 22.7. The van der Waals surface area contributed by atoms with Gasteiger partial charge in [-0.2, -0.15) is 0 Å². The fourth-order valence-electron chi connectivity index (χ4n) is 4.66. The molecule has 3 aromatic carbocycles. The van der Waals surface area contributed by atoms with Crippen molar-refractivity contribution in [1.29, 1.82) is 0 Å². The molecule has 4 N–H and O–H groups in total. The molecule has 2 amide bonds. The number of piperidine rings is 1. The van der Waals surface area contributed by atoms with Gasteiger partial charge >= 0.3 is 6.09 Å². The van der Waals surface area contributed by atoms with Crippen LogP contribution in [0.1, 0.15) is 40.0 Å². The zero-order chi connectivity index (χ0) is 28.2. The van der Waals surface area contributed by atoms with Crippen LogP contribution in [-0.4, -0.2) is 68.7 Å². The first-order valence-corrected chi connectivity index (χ1v) is 13.8. The predicted molar refractivity (Wildman–Crippen MR) is 156 cm³/mol. The Morgan fingerprint density at radius 3 is 2.35 bits per heavy atom. The molecule has 0 unspecified atom stereocenters. The first-order chi connectivity index (χ1) is 19.6. The van der Waals surface area contributed by atoms with E-state index in [2.05, 4.69) is 15.6 Å². The summed E-state index contributed by atoms with van der Waals surface area (Å²) in [6.07, 6.45) is 2.71. The maximum atomic E-state index is 13.4. The zero-order valence-electron chi connectivity index (χ0n) is 22.7. The number of carbonyl (C=O) groups excluding carboxylic acids is 3. The van der Waals surface area contributed by atoms with Crippen LogP contribution in [0.2, 0.25) is 0 Å². The molecule has 210 valence electrons. The highest BCUT2D eigenvalue weighted by Gasteiger charge is 2.28. The molecule has 1 aliphatic heterocycles. The van der Waals surface area contributed by atoms with Gasteiger partial charge in [-0.05, 0) is 36.6 Å². The molecule has 1 saturated heterocycles. The van der Waals surface area contributed by atoms with Crippen molar-refractivity contribution < 1.29 is 19.1 Å². The number of amides is 2. The van der Waals surface area contributed by atoms with E-state index in [1.807, 2.05) is 54.6 Å². The lowest BCUT2D eigenvalue weighted by Gasteiger charge is -2.37. The second-order valence-corrected chi connectivity index (χ2v) is 9.55. The first kappa shape index (κ1) is 28.9. The predicted octanol–water partition coefficient (Wildman–Crippen LogP) is 3.86. The number of nitrogens with two attached hydrogens (primary N) is 1. The maximum Gasteiger partial charge on any atom is 0.429 e. The summed E-state index contributed by atoms with van der Waals surface area (Å²) in [5, 5.41) is 9.45. The second-order valence-electron chi connectivity index (χ2n) is 9.55. The smallest absolute Gasteiger partial charge is 0.429 e. The second kappa shape index (κ2) is 14.9. The number of Topliss-reactive ketones (excluding diaryl/α,β-unsaturated/α-hetero) is 1. The van der Waals surface area contributed by atoms with Gasteiger partial charge in [-0.1, -0.05) is 67.1 Å². The molecule has 1 aliphatic rings. The van der Waals surface area contributed by atoms with Crippen molar-refractivity contribution in [2.75, 3.05) is 50.9 Å². The van der Waals surface area contributed by atoms with Crippen LogP contribution in [0.25, 0.3) is 11.1 Å². The van der Waals surface area contributed by atoms with Crippen molar-refractivity contribution in [2.24, 2.45) is 5.73 Å². The van der Waals surface area contributed by atoms with Crippen LogP contribution in [0, 0.1) is 0 Å². The summed E-state index contributed by atoms with van der Waals surface area (Å²) in [5.74, 6) is -0.432. The van der Waals surface area contributed by atoms with Gasteiger partial charge in [0.25, 0.3) is 5.91 Å². The Balaban J connectivity index is 1.35. The number of benzene rings is 3. The summed E-state index contributed by atoms with van der Waals surface area (Å²) >= 11 is 0. The number of hydrogen-bond acceptors (Lipinski definition) is 7. The highest BCUT2D eigenvalue weighted by molar-refractivity contribution is 6.01. The summed E-state index contributed by atoms with van der Waals surface area (Å²) in [4.78, 5) is 38.3. The fourth-order valence-corrected chi connectivity index (χ4v) is 4.66. The molecule has 0 atom stereocenters. The third-order valence-electron chi connectivity index (χ3n) is 6.67. The van der Waals surface area contributed by atoms with Crippen molar-refractivity contribution in [1.82, 2.24) is 15.6 Å². The fraction of sp³-hybridized carbons (Fsp3) is 0.323. The van der Waals surface area contributed by atoms with Crippen LogP contribution < -0.4 is 21.4 Å². The molecule has 1 heterocycles. The van der Waals surface area contributed by atoms with E-state index in [4.69, 9.17) is 10.5 Å². The van der Waals surface area contributed by atoms with Gasteiger partial charge in [0.1, 0.15) is 6.61 Å². The van der Waals surface area contributed by atoms with Crippen molar-refractivity contribution >= 4 is 23.5 Å². The van der Waals surface area contributed by atoms with Gasteiger partial charge in [-0.3, -0.25) is 9.59 Å². The van der Waals surface area contributed by atoms with Crippen LogP contribution in [-0.2, 0) is 4.74 Å². The number of nitrogens with one attached hydrogen (secondary N) is 2. The Bertz CT molecular complexity index is 1280. The topological polar surface area (TPSA) is 117 Å². The molecule has 1 fully saturated rings. The van der Waals surface area contributed by atoms with E-state index in [0.29, 0.717) is 30.8 Å². The molecular weight excluding hydrogens is 506 g/mol. The Kier molecular flexibility index (Phi) is 10.8. The van der Waals surface area contributed by atoms with Gasteiger partial charge in [0.05, 0.1) is 12.2 Å². The SMILES string of the molecule is NCCNC(=O)c1cccc(C(=O)CNCCOC(=O)N(c2ccccc2-c2ccccc2)N2CCCCC2)c1. The summed E-state index contributed by atoms with van der Waals surface area (Å²) in [6.45, 7) is 2.72. The van der Waals surface area contributed by atoms with E-state index in [1.54, 1.807) is 29.3 Å². The quantitative estimate of drug-likeness (QED) is 0.235. The standard InChI is InChI=1S/C31H37N5O4/c32-16-17-34-30(38)26-13-9-12-25(22-26)29(37)23-33-18-21-40-31(39)36(35-19-7-2-8-20-35)28-15-6-5-14-27(28)24-10-3-1-4-11-24/h1,3-6,9-15,22,33H,2,7-8,16-21,23,32H2,(H,34,38). The average Bonchev–Trinajstić information content (AvgIpc) is 3.01. The Labute approximate surface area is 235 Å². The van der Waals surface area contributed by atoms with Gasteiger partial charge in [-0.15, -0.1) is 0 Å². The summed E-state index contributed by atoms with van der Waals surface area (Å²) in [6, 6.07) is 24.4. The average molecular weight is 544 g/mol. The Morgan fingerprint density at radius 2 is 1.57 bits per heavy atom. The van der Waals surface area contributed by atoms with Crippen molar-refractivity contribution in [2.45, 2.75) is 19.3 Å². The maximum absolute atomic E-state index is 13.4. The number of hydrogen-bond donors (Lipinski definition) is 3. The van der Waals surface area contributed by atoms with Gasteiger partial charge in [0.2, 0.25) is 0 Å². The molecule has 0 radical (unpaired) electrons. The van der Waals surface area contributed by atoms with Crippen molar-refractivity contribution in [3.05, 3.63) is 90.0 Å². The molecule has 0 aliphatic carbocycles. The van der Waals surface area contributed by atoms with Gasteiger partial charge in [0, 0.05) is 49.4 Å². The lowest BCUT2D eigenvalue weighted by Crippen LogP contribution is -2.50. The minimum atomic E-state index is -0.449. The number of carbonyl (C=O) groups is 3. The third kappa shape index (κ3) is 7.75. The Hall–Kier alpha value is -4.05. The van der Waals surface area contributed by atoms with Crippen LogP contribution in [0.15, 0.2) is 78.9 Å². The summed E-state index contributed by atoms with van der Waals surface area (Å²) in [7, 11) is 0. The van der Waals surface area contributed by atoms with Crippen LogP contribution >= 0.6 is 0 Å². The van der Waals surface area contributed by atoms with Crippen LogP contribution in [0.5, 0.6) is 0 Å². The molecular formula is C31H37N5O4. The van der Waals surface area contributed by atoms with Crippen molar-refractivity contribution in [3.8, 4) is 11.1 Å². The van der Waals surface area contributed by atoms with Gasteiger partial charge < -0.3 is 21.1 Å². The van der Waals surface area contributed by atoms with Crippen molar-refractivity contribution in [3.63, 3.8) is 0 Å². The highest BCUT2D eigenvalue weighted by atomic mass is 16.6. The van der Waals surface area contributed by atoms with E-state index < -0.39 is 6.09 Å². The number of hydrazine groups is 1. The highest BCUT2D eigenvalue weighted by Crippen LogP contribution is 2.33. The van der Waals surface area contributed by atoms with E-state index in [1.165, 1.54) is 0 Å². The van der Waals surface area contributed by atoms with Gasteiger partial charge in [-0.25, -0.2) is 14.8 Å². The molecule has 9 nitrogen and oxygen atoms in total. The lowest BCUT2D eigenvalue weighted by atomic mass is 10.0. The first-order valence-electron chi connectivity index (χ1n) is 13.8. The molecule has 0 spiro atoms. The minimum Gasteiger partial charge on any atom is -0.447 e. The molecule has 40 heavy (non-hydrogen) atoms. The molecule has 0 bridgehead atoms. The largest absolute Gasteiger partial charge is 0.447 e. The van der Waals surface area contributed by atoms with E-state index in [0.717, 1.165) is 49.2 Å².